The fourth-order valence-corrected chi connectivity index (χ4v) is 0.819. The predicted molar refractivity (Wildman–Crippen MR) is 35.3 cm³/mol. The zero-order chi connectivity index (χ0) is 9.30. The van der Waals surface area contributed by atoms with E-state index in [4.69, 9.17) is 20.4 Å². The van der Waals surface area contributed by atoms with Crippen LogP contribution in [-0.4, -0.2) is 45.0 Å². The quantitative estimate of drug-likeness (QED) is 0.412. The molecule has 2 atom stereocenters. The van der Waals surface area contributed by atoms with Crippen LogP contribution in [0.5, 0.6) is 0 Å². The summed E-state index contributed by atoms with van der Waals surface area (Å²) >= 11 is 0. The number of ketones is 1. The van der Waals surface area contributed by atoms with Crippen molar-refractivity contribution in [2.24, 2.45) is 0 Å². The molecular formula is C6H8O6. The van der Waals surface area contributed by atoms with Gasteiger partial charge in [0.2, 0.25) is 11.5 Å². The summed E-state index contributed by atoms with van der Waals surface area (Å²) in [5.74, 6) is -2.78. The van der Waals surface area contributed by atoms with Crippen LogP contribution in [0.1, 0.15) is 0 Å². The van der Waals surface area contributed by atoms with E-state index in [0.29, 0.717) is 0 Å². The van der Waals surface area contributed by atoms with Gasteiger partial charge in [-0.3, -0.25) is 4.79 Å². The van der Waals surface area contributed by atoms with Crippen LogP contribution in [-0.2, 0) is 9.53 Å². The van der Waals surface area contributed by atoms with E-state index in [1.54, 1.807) is 0 Å². The summed E-state index contributed by atoms with van der Waals surface area (Å²) in [6, 6.07) is 0. The summed E-state index contributed by atoms with van der Waals surface area (Å²) in [5, 5.41) is 34.8. The molecule has 0 radical (unpaired) electrons. The fourth-order valence-electron chi connectivity index (χ4n) is 0.819. The highest BCUT2D eigenvalue weighted by Gasteiger charge is 2.40. The highest BCUT2D eigenvalue weighted by molar-refractivity contribution is 5.99. The summed E-state index contributed by atoms with van der Waals surface area (Å²) < 4.78 is 4.36. The minimum absolute atomic E-state index is 0.684. The molecule has 0 spiro atoms. The lowest BCUT2D eigenvalue weighted by Gasteiger charge is -2.13. The van der Waals surface area contributed by atoms with Gasteiger partial charge in [-0.25, -0.2) is 0 Å². The molecule has 0 saturated heterocycles. The van der Waals surface area contributed by atoms with Crippen LogP contribution in [0.25, 0.3) is 0 Å². The summed E-state index contributed by atoms with van der Waals surface area (Å²) in [7, 11) is 0. The molecule has 6 heteroatoms. The second-order valence-electron chi connectivity index (χ2n) is 2.31. The molecule has 1 aliphatic rings. The number of rotatable bonds is 2. The molecular weight excluding hydrogens is 168 g/mol. The predicted octanol–water partition coefficient (Wildman–Crippen LogP) is -1.41. The van der Waals surface area contributed by atoms with Gasteiger partial charge in [-0.2, -0.15) is 0 Å². The zero-order valence-corrected chi connectivity index (χ0v) is 5.97. The van der Waals surface area contributed by atoms with E-state index in [1.165, 1.54) is 0 Å². The summed E-state index contributed by atoms with van der Waals surface area (Å²) in [4.78, 5) is 10.9. The standard InChI is InChI=1S/C6H8O6/c7-1-2(8)5-3(9)4(10)6(11)12-5/h2,5,7-8,10-11H,1H2/t2-,5-/m1/s1. The SMILES string of the molecule is O=C1C(O)=C(O)O[C@@H]1[C@H](O)CO. The third-order valence-corrected chi connectivity index (χ3v) is 1.47. The highest BCUT2D eigenvalue weighted by Crippen LogP contribution is 2.19. The first-order chi connectivity index (χ1) is 5.57. The van der Waals surface area contributed by atoms with E-state index in [2.05, 4.69) is 4.74 Å². The van der Waals surface area contributed by atoms with Crippen molar-refractivity contribution in [1.82, 2.24) is 0 Å². The van der Waals surface area contributed by atoms with Crippen LogP contribution in [0.3, 0.4) is 0 Å². The second kappa shape index (κ2) is 3.00. The number of aliphatic hydroxyl groups excluding tert-OH is 4. The molecule has 4 N–H and O–H groups in total. The van der Waals surface area contributed by atoms with Crippen LogP contribution in [0.15, 0.2) is 11.7 Å². The normalized spacial score (nSPS) is 25.8. The number of aliphatic hydroxyl groups is 4. The lowest BCUT2D eigenvalue weighted by Crippen LogP contribution is -2.35. The summed E-state index contributed by atoms with van der Waals surface area (Å²) in [6.07, 6.45) is -2.85. The van der Waals surface area contributed by atoms with Gasteiger partial charge in [0.25, 0.3) is 0 Å². The lowest BCUT2D eigenvalue weighted by molar-refractivity contribution is -0.131. The topological polar surface area (TPSA) is 107 Å². The Hall–Kier alpha value is -1.27. The Bertz CT molecular complexity index is 232. The van der Waals surface area contributed by atoms with Crippen molar-refractivity contribution >= 4 is 5.78 Å². The molecule has 0 aromatic rings. The first-order valence-corrected chi connectivity index (χ1v) is 3.20. The Morgan fingerprint density at radius 1 is 1.50 bits per heavy atom. The van der Waals surface area contributed by atoms with Crippen molar-refractivity contribution in [1.29, 1.82) is 0 Å². The third-order valence-electron chi connectivity index (χ3n) is 1.47. The molecule has 0 aliphatic carbocycles. The number of hydrogen-bond acceptors (Lipinski definition) is 6. The van der Waals surface area contributed by atoms with Gasteiger partial charge in [-0.1, -0.05) is 0 Å². The van der Waals surface area contributed by atoms with Gasteiger partial charge in [0, 0.05) is 0 Å². The van der Waals surface area contributed by atoms with E-state index >= 15 is 0 Å². The molecule has 0 amide bonds. The Morgan fingerprint density at radius 3 is 2.42 bits per heavy atom. The minimum atomic E-state index is -1.44. The van der Waals surface area contributed by atoms with E-state index in [-0.39, 0.29) is 0 Å². The minimum Gasteiger partial charge on any atom is -0.499 e. The van der Waals surface area contributed by atoms with Gasteiger partial charge in [-0.15, -0.1) is 0 Å². The maximum atomic E-state index is 10.9. The molecule has 0 bridgehead atoms. The monoisotopic (exact) mass is 176 g/mol. The van der Waals surface area contributed by atoms with Gasteiger partial charge in [-0.05, 0) is 0 Å². The van der Waals surface area contributed by atoms with Crippen LogP contribution >= 0.6 is 0 Å². The zero-order valence-electron chi connectivity index (χ0n) is 5.97. The van der Waals surface area contributed by atoms with Crippen molar-refractivity contribution < 1.29 is 30.0 Å². The molecule has 68 valence electrons. The summed E-state index contributed by atoms with van der Waals surface area (Å²) in [5.41, 5.74) is 0. The van der Waals surface area contributed by atoms with Gasteiger partial charge < -0.3 is 25.2 Å². The number of carbonyl (C=O) groups is 1. The number of ether oxygens (including phenoxy) is 1. The van der Waals surface area contributed by atoms with Gasteiger partial charge >= 0.3 is 5.95 Å². The fraction of sp³-hybridized carbons (Fsp3) is 0.500. The molecule has 1 aliphatic heterocycles. The Balaban J connectivity index is 2.73. The maximum Gasteiger partial charge on any atom is 0.325 e. The van der Waals surface area contributed by atoms with Crippen molar-refractivity contribution in [2.75, 3.05) is 6.61 Å². The van der Waals surface area contributed by atoms with Crippen molar-refractivity contribution in [3.05, 3.63) is 11.7 Å². The van der Waals surface area contributed by atoms with Crippen LogP contribution in [0.4, 0.5) is 0 Å². The highest BCUT2D eigenvalue weighted by atomic mass is 16.6. The number of carbonyl (C=O) groups excluding carboxylic acids is 1. The molecule has 0 aromatic heterocycles. The Labute approximate surface area is 67.3 Å². The van der Waals surface area contributed by atoms with Crippen LogP contribution < -0.4 is 0 Å². The van der Waals surface area contributed by atoms with Gasteiger partial charge in [0.15, 0.2) is 6.10 Å². The first kappa shape index (κ1) is 8.82. The van der Waals surface area contributed by atoms with E-state index in [9.17, 15) is 4.79 Å². The van der Waals surface area contributed by atoms with E-state index in [0.717, 1.165) is 0 Å². The Kier molecular flexibility index (Phi) is 2.20. The molecule has 0 fully saturated rings. The maximum absolute atomic E-state index is 10.9. The lowest BCUT2D eigenvalue weighted by atomic mass is 10.1. The Morgan fingerprint density at radius 2 is 2.08 bits per heavy atom. The molecule has 0 unspecified atom stereocenters. The molecule has 0 saturated carbocycles. The average molecular weight is 176 g/mol. The first-order valence-electron chi connectivity index (χ1n) is 3.20. The smallest absolute Gasteiger partial charge is 0.325 e. The number of hydrogen-bond donors (Lipinski definition) is 4. The molecule has 1 rings (SSSR count). The molecule has 12 heavy (non-hydrogen) atoms. The van der Waals surface area contributed by atoms with Gasteiger partial charge in [0.05, 0.1) is 6.61 Å². The van der Waals surface area contributed by atoms with Gasteiger partial charge in [0.1, 0.15) is 6.10 Å². The van der Waals surface area contributed by atoms with E-state index in [1.807, 2.05) is 0 Å². The molecule has 1 heterocycles. The summed E-state index contributed by atoms with van der Waals surface area (Å²) in [6.45, 7) is -0.684. The van der Waals surface area contributed by atoms with E-state index < -0.39 is 36.3 Å². The molecule has 6 nitrogen and oxygen atoms in total. The van der Waals surface area contributed by atoms with Crippen LogP contribution in [0.2, 0.25) is 0 Å². The van der Waals surface area contributed by atoms with Crippen LogP contribution in [0, 0.1) is 0 Å². The average Bonchev–Trinajstić information content (AvgIpc) is 2.32. The molecule has 0 aromatic carbocycles. The largest absolute Gasteiger partial charge is 0.499 e. The van der Waals surface area contributed by atoms with Crippen molar-refractivity contribution in [3.63, 3.8) is 0 Å². The third kappa shape index (κ3) is 1.21. The van der Waals surface area contributed by atoms with Crippen molar-refractivity contribution in [2.45, 2.75) is 12.2 Å². The van der Waals surface area contributed by atoms with Crippen molar-refractivity contribution in [3.8, 4) is 0 Å². The number of Topliss-reactive ketones (excluding diaryl/α,β-unsaturated/α-hetero) is 1. The second-order valence-corrected chi connectivity index (χ2v) is 2.31.